The van der Waals surface area contributed by atoms with Crippen LogP contribution in [0.25, 0.3) is 0 Å². The summed E-state index contributed by atoms with van der Waals surface area (Å²) in [6.45, 7) is 0. The largest absolute Gasteiger partial charge is 0.369 e. The summed E-state index contributed by atoms with van der Waals surface area (Å²) in [6, 6.07) is 0. The molecular formula is C9H18N4OS2. The number of guanidine groups is 1. The molecule has 1 unspecified atom stereocenters. The summed E-state index contributed by atoms with van der Waals surface area (Å²) in [5.74, 6) is 1.02. The van der Waals surface area contributed by atoms with Gasteiger partial charge in [-0.15, -0.1) is 5.10 Å². The molecule has 0 aromatic carbocycles. The smallest absolute Gasteiger partial charge is 0.240 e. The van der Waals surface area contributed by atoms with Crippen molar-refractivity contribution < 1.29 is 4.79 Å². The van der Waals surface area contributed by atoms with E-state index in [2.05, 4.69) is 10.5 Å². The summed E-state index contributed by atoms with van der Waals surface area (Å²) in [5, 5.41) is 4.23. The number of amides is 1. The van der Waals surface area contributed by atoms with Crippen molar-refractivity contribution in [2.75, 3.05) is 5.75 Å². The molecule has 7 heteroatoms. The zero-order chi connectivity index (χ0) is 11.8. The van der Waals surface area contributed by atoms with Gasteiger partial charge < -0.3 is 11.5 Å². The number of nitrogens with zero attached hydrogens (tertiary/aromatic N) is 1. The molecule has 5 N–H and O–H groups in total. The number of rotatable bonds is 6. The van der Waals surface area contributed by atoms with Crippen LogP contribution in [0.3, 0.4) is 0 Å². The molecular weight excluding hydrogens is 244 g/mol. The minimum atomic E-state index is -0.123. The molecule has 1 aliphatic rings. The third-order valence-corrected chi connectivity index (χ3v) is 5.22. The van der Waals surface area contributed by atoms with Gasteiger partial charge in [-0.05, 0) is 19.3 Å². The van der Waals surface area contributed by atoms with Gasteiger partial charge in [0.05, 0.1) is 0 Å². The molecule has 1 aliphatic heterocycles. The van der Waals surface area contributed by atoms with E-state index in [0.29, 0.717) is 6.42 Å². The van der Waals surface area contributed by atoms with Crippen molar-refractivity contribution in [3.05, 3.63) is 0 Å². The van der Waals surface area contributed by atoms with E-state index in [0.717, 1.165) is 18.1 Å². The van der Waals surface area contributed by atoms with Gasteiger partial charge in [-0.3, -0.25) is 4.79 Å². The van der Waals surface area contributed by atoms with E-state index in [4.69, 9.17) is 11.5 Å². The second-order valence-electron chi connectivity index (χ2n) is 3.65. The van der Waals surface area contributed by atoms with E-state index in [1.54, 1.807) is 0 Å². The maximum absolute atomic E-state index is 11.2. The number of carbonyl (C=O) groups excluding carboxylic acids is 1. The quantitative estimate of drug-likeness (QED) is 0.218. The molecule has 1 heterocycles. The Morgan fingerprint density at radius 3 is 2.88 bits per heavy atom. The lowest BCUT2D eigenvalue weighted by atomic mass is 10.1. The fourth-order valence-corrected chi connectivity index (χ4v) is 4.43. The van der Waals surface area contributed by atoms with Crippen LogP contribution in [-0.4, -0.2) is 22.9 Å². The number of unbranched alkanes of at least 4 members (excludes halogenated alkanes) is 1. The molecule has 1 fully saturated rings. The standard InChI is InChI=1S/C9H18N4OS2/c10-9(11)13-12-8(14)4-2-1-3-7-5-6-15-16-7/h7H,1-6H2,(H,12,14)(H4,10,11,13). The molecule has 0 radical (unpaired) electrons. The first-order valence-corrected chi connectivity index (χ1v) is 7.72. The molecule has 1 rings (SSSR count). The van der Waals surface area contributed by atoms with E-state index >= 15 is 0 Å². The number of nitrogens with one attached hydrogen (secondary N) is 1. The van der Waals surface area contributed by atoms with Crippen molar-refractivity contribution >= 4 is 33.5 Å². The summed E-state index contributed by atoms with van der Waals surface area (Å²) in [5.41, 5.74) is 12.5. The average Bonchev–Trinajstić information content (AvgIpc) is 2.74. The van der Waals surface area contributed by atoms with Crippen LogP contribution in [0.5, 0.6) is 0 Å². The van der Waals surface area contributed by atoms with Crippen molar-refractivity contribution in [2.45, 2.75) is 37.4 Å². The highest BCUT2D eigenvalue weighted by Crippen LogP contribution is 2.39. The predicted molar refractivity (Wildman–Crippen MR) is 70.9 cm³/mol. The lowest BCUT2D eigenvalue weighted by Gasteiger charge is -2.06. The minimum Gasteiger partial charge on any atom is -0.369 e. The number of hydrogen-bond donors (Lipinski definition) is 3. The van der Waals surface area contributed by atoms with Crippen LogP contribution in [0.15, 0.2) is 5.10 Å². The Bertz CT molecular complexity index is 250. The highest BCUT2D eigenvalue weighted by molar-refractivity contribution is 8.77. The molecule has 1 amide bonds. The highest BCUT2D eigenvalue weighted by Gasteiger charge is 2.15. The number of hydrogen-bond acceptors (Lipinski definition) is 4. The maximum Gasteiger partial charge on any atom is 0.240 e. The zero-order valence-electron chi connectivity index (χ0n) is 9.15. The SMILES string of the molecule is NC(N)=NNC(=O)CCCCC1CCSS1. The number of carbonyl (C=O) groups is 1. The van der Waals surface area contributed by atoms with Crippen molar-refractivity contribution in [2.24, 2.45) is 16.6 Å². The van der Waals surface area contributed by atoms with E-state index < -0.39 is 0 Å². The van der Waals surface area contributed by atoms with E-state index in [1.165, 1.54) is 18.6 Å². The first-order valence-electron chi connectivity index (χ1n) is 5.34. The molecule has 5 nitrogen and oxygen atoms in total. The number of nitrogens with two attached hydrogens (primary N) is 2. The molecule has 0 spiro atoms. The van der Waals surface area contributed by atoms with Gasteiger partial charge in [-0.1, -0.05) is 28.0 Å². The van der Waals surface area contributed by atoms with Gasteiger partial charge in [0.1, 0.15) is 0 Å². The third-order valence-electron chi connectivity index (χ3n) is 2.22. The molecule has 92 valence electrons. The van der Waals surface area contributed by atoms with Crippen molar-refractivity contribution in [1.29, 1.82) is 0 Å². The zero-order valence-corrected chi connectivity index (χ0v) is 10.8. The van der Waals surface area contributed by atoms with Gasteiger partial charge >= 0.3 is 0 Å². The van der Waals surface area contributed by atoms with Crippen LogP contribution in [0, 0.1) is 0 Å². The summed E-state index contributed by atoms with van der Waals surface area (Å²) >= 11 is 0. The monoisotopic (exact) mass is 262 g/mol. The van der Waals surface area contributed by atoms with Crippen LogP contribution in [-0.2, 0) is 4.79 Å². The van der Waals surface area contributed by atoms with Crippen LogP contribution >= 0.6 is 21.6 Å². The topological polar surface area (TPSA) is 93.5 Å². The normalized spacial score (nSPS) is 19.4. The van der Waals surface area contributed by atoms with Crippen LogP contribution < -0.4 is 16.9 Å². The van der Waals surface area contributed by atoms with E-state index in [1.807, 2.05) is 21.6 Å². The second-order valence-corrected chi connectivity index (χ2v) is 6.43. The van der Waals surface area contributed by atoms with Gasteiger partial charge in [0, 0.05) is 17.4 Å². The fraction of sp³-hybridized carbons (Fsp3) is 0.778. The lowest BCUT2D eigenvalue weighted by molar-refractivity contribution is -0.121. The second kappa shape index (κ2) is 7.67. The molecule has 1 atom stereocenters. The van der Waals surface area contributed by atoms with Gasteiger partial charge in [-0.2, -0.15) is 0 Å². The van der Waals surface area contributed by atoms with Crippen LogP contribution in [0.4, 0.5) is 0 Å². The van der Waals surface area contributed by atoms with Gasteiger partial charge in [0.2, 0.25) is 11.9 Å². The van der Waals surface area contributed by atoms with E-state index in [9.17, 15) is 4.79 Å². The molecule has 0 bridgehead atoms. The molecule has 0 aromatic rings. The molecule has 1 saturated heterocycles. The molecule has 16 heavy (non-hydrogen) atoms. The van der Waals surface area contributed by atoms with Crippen molar-refractivity contribution in [1.82, 2.24) is 5.43 Å². The first kappa shape index (κ1) is 13.5. The third kappa shape index (κ3) is 6.12. The van der Waals surface area contributed by atoms with Crippen molar-refractivity contribution in [3.63, 3.8) is 0 Å². The van der Waals surface area contributed by atoms with E-state index in [-0.39, 0.29) is 11.9 Å². The molecule has 0 aromatic heterocycles. The Morgan fingerprint density at radius 1 is 1.44 bits per heavy atom. The van der Waals surface area contributed by atoms with Gasteiger partial charge in [0.15, 0.2) is 0 Å². The van der Waals surface area contributed by atoms with Crippen LogP contribution in [0.2, 0.25) is 0 Å². The summed E-state index contributed by atoms with van der Waals surface area (Å²) in [7, 11) is 3.93. The summed E-state index contributed by atoms with van der Waals surface area (Å²) in [4.78, 5) is 11.2. The minimum absolute atomic E-state index is 0.118. The molecule has 0 saturated carbocycles. The van der Waals surface area contributed by atoms with Gasteiger partial charge in [0.25, 0.3) is 0 Å². The summed E-state index contributed by atoms with van der Waals surface area (Å²) in [6.07, 6.45) is 4.98. The summed E-state index contributed by atoms with van der Waals surface area (Å²) < 4.78 is 0. The Hall–Kier alpha value is -0.560. The Kier molecular flexibility index (Phi) is 6.47. The predicted octanol–water partition coefficient (Wildman–Crippen LogP) is 1.01. The maximum atomic E-state index is 11.2. The first-order chi connectivity index (χ1) is 7.68. The Balaban J connectivity index is 1.97. The Morgan fingerprint density at radius 2 is 2.25 bits per heavy atom. The number of hydrazone groups is 1. The lowest BCUT2D eigenvalue weighted by Crippen LogP contribution is -2.28. The Labute approximate surface area is 104 Å². The molecule has 0 aliphatic carbocycles. The highest BCUT2D eigenvalue weighted by atomic mass is 33.1. The van der Waals surface area contributed by atoms with Crippen molar-refractivity contribution in [3.8, 4) is 0 Å². The fourth-order valence-electron chi connectivity index (χ4n) is 1.40. The van der Waals surface area contributed by atoms with Crippen LogP contribution in [0.1, 0.15) is 32.1 Å². The average molecular weight is 262 g/mol. The van der Waals surface area contributed by atoms with Gasteiger partial charge in [-0.25, -0.2) is 5.43 Å².